The lowest BCUT2D eigenvalue weighted by molar-refractivity contribution is 0.153. The van der Waals surface area contributed by atoms with Crippen LogP contribution in [0.3, 0.4) is 0 Å². The van der Waals surface area contributed by atoms with Gasteiger partial charge in [-0.2, -0.15) is 0 Å². The van der Waals surface area contributed by atoms with Gasteiger partial charge in [-0.25, -0.2) is 4.79 Å². The number of hydrogen-bond donors (Lipinski definition) is 2. The zero-order valence-electron chi connectivity index (χ0n) is 9.90. The van der Waals surface area contributed by atoms with Crippen LogP contribution in [0, 0.1) is 9.49 Å². The second kappa shape index (κ2) is 4.60. The molecule has 3 rings (SSSR count). The molecule has 18 heavy (non-hydrogen) atoms. The van der Waals surface area contributed by atoms with E-state index in [1.165, 1.54) is 14.8 Å². The van der Waals surface area contributed by atoms with Gasteiger partial charge in [0.2, 0.25) is 0 Å². The highest BCUT2D eigenvalue weighted by atomic mass is 127. The third-order valence-corrected chi connectivity index (χ3v) is 4.63. The molecule has 0 saturated carbocycles. The molecule has 1 amide bonds. The minimum atomic E-state index is -0.789. The molecule has 1 aromatic carbocycles. The van der Waals surface area contributed by atoms with Crippen LogP contribution in [-0.2, 0) is 0 Å². The maximum Gasteiger partial charge on any atom is 0.407 e. The first-order valence-electron chi connectivity index (χ1n) is 6.16. The van der Waals surface area contributed by atoms with E-state index in [1.54, 1.807) is 4.90 Å². The Labute approximate surface area is 120 Å². The Bertz CT molecular complexity index is 492. The van der Waals surface area contributed by atoms with Crippen LogP contribution >= 0.6 is 22.6 Å². The van der Waals surface area contributed by atoms with Crippen molar-refractivity contribution in [1.29, 1.82) is 0 Å². The third-order valence-electron chi connectivity index (χ3n) is 3.96. The van der Waals surface area contributed by atoms with E-state index >= 15 is 0 Å². The molecule has 2 aliphatic heterocycles. The van der Waals surface area contributed by atoms with Crippen LogP contribution < -0.4 is 5.32 Å². The summed E-state index contributed by atoms with van der Waals surface area (Å²) >= 11 is 2.31. The number of nitrogens with zero attached hydrogens (tertiary/aromatic N) is 1. The average Bonchev–Trinajstić information content (AvgIpc) is 2.68. The van der Waals surface area contributed by atoms with Crippen LogP contribution in [0.2, 0.25) is 0 Å². The minimum absolute atomic E-state index is 0.348. The van der Waals surface area contributed by atoms with E-state index in [1.807, 2.05) is 0 Å². The Balaban J connectivity index is 1.97. The van der Waals surface area contributed by atoms with Crippen molar-refractivity contribution >= 4 is 34.4 Å². The highest BCUT2D eigenvalue weighted by Crippen LogP contribution is 2.40. The number of hydrogen-bond acceptors (Lipinski definition) is 2. The predicted octanol–water partition coefficient (Wildman–Crippen LogP) is 2.80. The van der Waals surface area contributed by atoms with Gasteiger partial charge in [0.15, 0.2) is 0 Å². The molecule has 1 saturated heterocycles. The number of fused-ring (bicyclic) bond motifs is 3. The summed E-state index contributed by atoms with van der Waals surface area (Å²) in [6.45, 7) is 2.24. The van der Waals surface area contributed by atoms with E-state index in [0.29, 0.717) is 24.9 Å². The summed E-state index contributed by atoms with van der Waals surface area (Å²) in [4.78, 5) is 12.7. The van der Waals surface area contributed by atoms with Crippen LogP contribution in [0.4, 0.5) is 10.5 Å². The fourth-order valence-electron chi connectivity index (χ4n) is 3.07. The molecule has 1 aromatic rings. The number of benzene rings is 1. The Morgan fingerprint density at radius 3 is 3.06 bits per heavy atom. The van der Waals surface area contributed by atoms with Crippen LogP contribution in [0.5, 0.6) is 0 Å². The lowest BCUT2D eigenvalue weighted by Gasteiger charge is -2.17. The maximum absolute atomic E-state index is 11.1. The van der Waals surface area contributed by atoms with E-state index in [-0.39, 0.29) is 0 Å². The Morgan fingerprint density at radius 1 is 1.44 bits per heavy atom. The predicted molar refractivity (Wildman–Crippen MR) is 78.1 cm³/mol. The number of nitrogens with one attached hydrogen (secondary N) is 1. The van der Waals surface area contributed by atoms with Crippen LogP contribution in [0.15, 0.2) is 18.2 Å². The Hall–Kier alpha value is -0.980. The molecule has 0 bridgehead atoms. The van der Waals surface area contributed by atoms with Crippen molar-refractivity contribution in [2.45, 2.75) is 12.3 Å². The first-order chi connectivity index (χ1) is 8.65. The van der Waals surface area contributed by atoms with Gasteiger partial charge in [0.05, 0.1) is 0 Å². The summed E-state index contributed by atoms with van der Waals surface area (Å²) in [6.07, 6.45) is 0.253. The standard InChI is InChI=1S/C13H15IN2O2/c14-9-1-2-12-10(5-9)11-7-16(13(17)18)6-8(11)3-4-15-12/h1-2,5,8,11,15H,3-4,6-7H2,(H,17,18). The van der Waals surface area contributed by atoms with Gasteiger partial charge in [-0.3, -0.25) is 0 Å². The molecule has 2 N–H and O–H groups in total. The second-order valence-electron chi connectivity index (χ2n) is 5.00. The van der Waals surface area contributed by atoms with Crippen LogP contribution in [-0.4, -0.2) is 35.7 Å². The molecular formula is C13H15IN2O2. The average molecular weight is 358 g/mol. The summed E-state index contributed by atoms with van der Waals surface area (Å²) < 4.78 is 1.21. The van der Waals surface area contributed by atoms with Gasteiger partial charge in [0.1, 0.15) is 0 Å². The number of rotatable bonds is 0. The zero-order valence-corrected chi connectivity index (χ0v) is 12.1. The van der Waals surface area contributed by atoms with Crippen LogP contribution in [0.25, 0.3) is 0 Å². The lowest BCUT2D eigenvalue weighted by Crippen LogP contribution is -2.27. The Morgan fingerprint density at radius 2 is 2.28 bits per heavy atom. The fourth-order valence-corrected chi connectivity index (χ4v) is 3.58. The number of amides is 1. The van der Waals surface area contributed by atoms with Gasteiger partial charge in [-0.05, 0) is 58.7 Å². The summed E-state index contributed by atoms with van der Waals surface area (Å²) in [7, 11) is 0. The van der Waals surface area contributed by atoms with Gasteiger partial charge < -0.3 is 15.3 Å². The SMILES string of the molecule is O=C(O)N1CC2CCNc3ccc(I)cc3C2C1. The zero-order chi connectivity index (χ0) is 12.7. The summed E-state index contributed by atoms with van der Waals surface area (Å²) in [5, 5.41) is 12.6. The van der Waals surface area contributed by atoms with Crippen molar-refractivity contribution in [3.8, 4) is 0 Å². The highest BCUT2D eigenvalue weighted by molar-refractivity contribution is 14.1. The van der Waals surface area contributed by atoms with E-state index in [2.05, 4.69) is 46.1 Å². The summed E-state index contributed by atoms with van der Waals surface area (Å²) in [5.74, 6) is 0.800. The molecule has 2 unspecified atom stereocenters. The summed E-state index contributed by atoms with van der Waals surface area (Å²) in [5.41, 5.74) is 2.46. The van der Waals surface area contributed by atoms with E-state index < -0.39 is 6.09 Å². The third kappa shape index (κ3) is 2.04. The van der Waals surface area contributed by atoms with E-state index in [9.17, 15) is 4.79 Å². The first kappa shape index (κ1) is 12.1. The quantitative estimate of drug-likeness (QED) is 0.702. The van der Waals surface area contributed by atoms with E-state index in [0.717, 1.165) is 13.0 Å². The molecule has 1 fully saturated rings. The van der Waals surface area contributed by atoms with Gasteiger partial charge in [0, 0.05) is 34.8 Å². The van der Waals surface area contributed by atoms with Gasteiger partial charge in [-0.1, -0.05) is 0 Å². The van der Waals surface area contributed by atoms with Crippen molar-refractivity contribution in [2.75, 3.05) is 25.0 Å². The van der Waals surface area contributed by atoms with E-state index in [4.69, 9.17) is 5.11 Å². The molecule has 4 nitrogen and oxygen atoms in total. The normalized spacial score (nSPS) is 25.9. The number of halogens is 1. The number of likely N-dealkylation sites (tertiary alicyclic amines) is 1. The first-order valence-corrected chi connectivity index (χ1v) is 7.24. The van der Waals surface area contributed by atoms with Crippen molar-refractivity contribution in [2.24, 2.45) is 5.92 Å². The van der Waals surface area contributed by atoms with Crippen LogP contribution in [0.1, 0.15) is 17.9 Å². The largest absolute Gasteiger partial charge is 0.465 e. The number of carbonyl (C=O) groups is 1. The smallest absolute Gasteiger partial charge is 0.407 e. The van der Waals surface area contributed by atoms with Crippen molar-refractivity contribution in [1.82, 2.24) is 4.90 Å². The fraction of sp³-hybridized carbons (Fsp3) is 0.462. The number of anilines is 1. The second-order valence-corrected chi connectivity index (χ2v) is 6.25. The number of carboxylic acid groups (broad SMARTS) is 1. The lowest BCUT2D eigenvalue weighted by atomic mass is 9.87. The van der Waals surface area contributed by atoms with Crippen molar-refractivity contribution in [3.63, 3.8) is 0 Å². The molecule has 0 radical (unpaired) electrons. The molecule has 0 spiro atoms. The van der Waals surface area contributed by atoms with Crippen molar-refractivity contribution in [3.05, 3.63) is 27.3 Å². The molecule has 2 aliphatic rings. The molecular weight excluding hydrogens is 343 g/mol. The monoisotopic (exact) mass is 358 g/mol. The molecule has 2 atom stereocenters. The van der Waals surface area contributed by atoms with Gasteiger partial charge in [0.25, 0.3) is 0 Å². The molecule has 0 aliphatic carbocycles. The van der Waals surface area contributed by atoms with Crippen molar-refractivity contribution < 1.29 is 9.90 Å². The topological polar surface area (TPSA) is 52.6 Å². The molecule has 2 heterocycles. The molecule has 0 aromatic heterocycles. The molecule has 5 heteroatoms. The van der Waals surface area contributed by atoms with Gasteiger partial charge in [-0.15, -0.1) is 0 Å². The minimum Gasteiger partial charge on any atom is -0.465 e. The molecule has 96 valence electrons. The maximum atomic E-state index is 11.1. The highest BCUT2D eigenvalue weighted by Gasteiger charge is 2.38. The summed E-state index contributed by atoms with van der Waals surface area (Å²) in [6, 6.07) is 6.40. The van der Waals surface area contributed by atoms with Gasteiger partial charge >= 0.3 is 6.09 Å². The Kier molecular flexibility index (Phi) is 3.09.